The van der Waals surface area contributed by atoms with Crippen LogP contribution in [0.4, 0.5) is 0 Å². The zero-order chi connectivity index (χ0) is 12.0. The van der Waals surface area contributed by atoms with E-state index in [9.17, 15) is 5.11 Å². The Balaban J connectivity index is 2.62. The molecule has 0 aliphatic carbocycles. The van der Waals surface area contributed by atoms with Crippen molar-refractivity contribution in [2.45, 2.75) is 36.5 Å². The second-order valence-electron chi connectivity index (χ2n) is 4.03. The summed E-state index contributed by atoms with van der Waals surface area (Å²) >= 11 is 1.68. The zero-order valence-electron chi connectivity index (χ0n) is 9.84. The molecule has 0 heterocycles. The van der Waals surface area contributed by atoms with Gasteiger partial charge in [0.2, 0.25) is 0 Å². The van der Waals surface area contributed by atoms with Gasteiger partial charge in [-0.1, -0.05) is 32.0 Å². The molecule has 3 heteroatoms. The maximum absolute atomic E-state index is 10.1. The van der Waals surface area contributed by atoms with Gasteiger partial charge in [-0.3, -0.25) is 0 Å². The summed E-state index contributed by atoms with van der Waals surface area (Å²) in [5, 5.41) is 19.2. The van der Waals surface area contributed by atoms with Crippen LogP contribution in [0.3, 0.4) is 0 Å². The van der Waals surface area contributed by atoms with E-state index in [4.69, 9.17) is 5.11 Å². The molecule has 0 aliphatic rings. The fourth-order valence-corrected chi connectivity index (χ4v) is 2.78. The van der Waals surface area contributed by atoms with Gasteiger partial charge in [-0.15, -0.1) is 11.8 Å². The Bertz CT molecular complexity index is 289. The first-order chi connectivity index (χ1) is 7.69. The van der Waals surface area contributed by atoms with E-state index in [1.54, 1.807) is 11.8 Å². The normalized spacial score (nSPS) is 16.8. The Morgan fingerprint density at radius 3 is 2.38 bits per heavy atom. The highest BCUT2D eigenvalue weighted by atomic mass is 32.2. The smallest absolute Gasteiger partial charge is 0.0709 e. The van der Waals surface area contributed by atoms with Crippen molar-refractivity contribution in [1.82, 2.24) is 0 Å². The lowest BCUT2D eigenvalue weighted by Gasteiger charge is -2.25. The molecule has 3 atom stereocenters. The molecule has 0 bridgehead atoms. The first-order valence-electron chi connectivity index (χ1n) is 5.69. The Kier molecular flexibility index (Phi) is 5.88. The lowest BCUT2D eigenvalue weighted by atomic mass is 10.0. The lowest BCUT2D eigenvalue weighted by Crippen LogP contribution is -2.31. The van der Waals surface area contributed by atoms with Crippen LogP contribution in [0.2, 0.25) is 0 Å². The maximum atomic E-state index is 10.1. The number of benzene rings is 1. The van der Waals surface area contributed by atoms with Crippen LogP contribution < -0.4 is 0 Å². The molecule has 90 valence electrons. The summed E-state index contributed by atoms with van der Waals surface area (Å²) in [6.07, 6.45) is 0.436. The summed E-state index contributed by atoms with van der Waals surface area (Å²) in [7, 11) is 0. The van der Waals surface area contributed by atoms with E-state index < -0.39 is 6.10 Å². The van der Waals surface area contributed by atoms with E-state index in [0.29, 0.717) is 0 Å². The van der Waals surface area contributed by atoms with Crippen LogP contribution in [-0.4, -0.2) is 28.2 Å². The summed E-state index contributed by atoms with van der Waals surface area (Å²) in [5.74, 6) is -0.0684. The number of aliphatic hydroxyl groups is 2. The monoisotopic (exact) mass is 240 g/mol. The number of rotatable bonds is 6. The highest BCUT2D eigenvalue weighted by molar-refractivity contribution is 8.00. The molecule has 0 amide bonds. The summed E-state index contributed by atoms with van der Waals surface area (Å²) in [6.45, 7) is 3.97. The molecule has 2 nitrogen and oxygen atoms in total. The molecule has 1 aromatic carbocycles. The van der Waals surface area contributed by atoms with E-state index in [-0.39, 0.29) is 17.8 Å². The van der Waals surface area contributed by atoms with Crippen molar-refractivity contribution in [3.8, 4) is 0 Å². The van der Waals surface area contributed by atoms with Gasteiger partial charge < -0.3 is 10.2 Å². The van der Waals surface area contributed by atoms with Crippen LogP contribution in [-0.2, 0) is 0 Å². The number of aliphatic hydroxyl groups excluding tert-OH is 2. The zero-order valence-corrected chi connectivity index (χ0v) is 10.7. The van der Waals surface area contributed by atoms with Gasteiger partial charge >= 0.3 is 0 Å². The van der Waals surface area contributed by atoms with Crippen molar-refractivity contribution in [2.75, 3.05) is 6.61 Å². The molecule has 0 fully saturated rings. The standard InChI is InChI=1S/C13H20O2S/c1-3-12(13(15)10(2)9-14)16-11-7-5-4-6-8-11/h4-8,10,12-15H,3,9H2,1-2H3/t10-,12+,13-/m0/s1. The minimum Gasteiger partial charge on any atom is -0.396 e. The van der Waals surface area contributed by atoms with Crippen LogP contribution in [0.15, 0.2) is 35.2 Å². The van der Waals surface area contributed by atoms with Gasteiger partial charge in [0.1, 0.15) is 0 Å². The fraction of sp³-hybridized carbons (Fsp3) is 0.538. The van der Waals surface area contributed by atoms with Crippen LogP contribution >= 0.6 is 11.8 Å². The number of hydrogen-bond acceptors (Lipinski definition) is 3. The topological polar surface area (TPSA) is 40.5 Å². The molecule has 16 heavy (non-hydrogen) atoms. The van der Waals surface area contributed by atoms with Gasteiger partial charge in [-0.05, 0) is 18.6 Å². The van der Waals surface area contributed by atoms with E-state index in [1.807, 2.05) is 37.3 Å². The van der Waals surface area contributed by atoms with Crippen molar-refractivity contribution >= 4 is 11.8 Å². The lowest BCUT2D eigenvalue weighted by molar-refractivity contribution is 0.0745. The third-order valence-electron chi connectivity index (χ3n) is 2.68. The summed E-state index contributed by atoms with van der Waals surface area (Å²) in [5.41, 5.74) is 0. The van der Waals surface area contributed by atoms with Gasteiger partial charge in [0.15, 0.2) is 0 Å². The van der Waals surface area contributed by atoms with Crippen LogP contribution in [0.25, 0.3) is 0 Å². The first kappa shape index (κ1) is 13.6. The highest BCUT2D eigenvalue weighted by Gasteiger charge is 2.23. The number of thioether (sulfide) groups is 1. The van der Waals surface area contributed by atoms with Crippen LogP contribution in [0.1, 0.15) is 20.3 Å². The first-order valence-corrected chi connectivity index (χ1v) is 6.57. The van der Waals surface area contributed by atoms with E-state index >= 15 is 0 Å². The molecule has 1 aromatic rings. The van der Waals surface area contributed by atoms with Crippen LogP contribution in [0, 0.1) is 5.92 Å². The SMILES string of the molecule is CC[C@@H](Sc1ccccc1)[C@@H](O)[C@@H](C)CO. The molecule has 0 aromatic heterocycles. The van der Waals surface area contributed by atoms with Gasteiger partial charge in [0, 0.05) is 22.7 Å². The second-order valence-corrected chi connectivity index (χ2v) is 5.34. The molecule has 0 saturated carbocycles. The average Bonchev–Trinajstić information content (AvgIpc) is 2.35. The molecule has 1 rings (SSSR count). The molecule has 0 saturated heterocycles. The Labute approximate surface area is 102 Å². The van der Waals surface area contributed by atoms with Crippen molar-refractivity contribution < 1.29 is 10.2 Å². The second kappa shape index (κ2) is 6.94. The molecule has 0 radical (unpaired) electrons. The minimum atomic E-state index is -0.458. The molecular weight excluding hydrogens is 220 g/mol. The van der Waals surface area contributed by atoms with E-state index in [2.05, 4.69) is 6.92 Å². The van der Waals surface area contributed by atoms with Crippen molar-refractivity contribution in [3.05, 3.63) is 30.3 Å². The summed E-state index contributed by atoms with van der Waals surface area (Å²) in [6, 6.07) is 10.1. The Morgan fingerprint density at radius 2 is 1.88 bits per heavy atom. The molecule has 0 spiro atoms. The van der Waals surface area contributed by atoms with E-state index in [0.717, 1.165) is 6.42 Å². The molecule has 2 N–H and O–H groups in total. The predicted molar refractivity (Wildman–Crippen MR) is 68.6 cm³/mol. The van der Waals surface area contributed by atoms with E-state index in [1.165, 1.54) is 4.90 Å². The van der Waals surface area contributed by atoms with Crippen molar-refractivity contribution in [2.24, 2.45) is 5.92 Å². The van der Waals surface area contributed by atoms with Gasteiger partial charge in [0.25, 0.3) is 0 Å². The Hall–Kier alpha value is -0.510. The quantitative estimate of drug-likeness (QED) is 0.751. The Morgan fingerprint density at radius 1 is 1.25 bits per heavy atom. The average molecular weight is 240 g/mol. The van der Waals surface area contributed by atoms with Crippen LogP contribution in [0.5, 0.6) is 0 Å². The third kappa shape index (κ3) is 3.81. The van der Waals surface area contributed by atoms with Gasteiger partial charge in [-0.25, -0.2) is 0 Å². The third-order valence-corrected chi connectivity index (χ3v) is 4.14. The molecular formula is C13H20O2S. The predicted octanol–water partition coefficient (Wildman–Crippen LogP) is 2.55. The number of hydrogen-bond donors (Lipinski definition) is 2. The molecule has 0 aliphatic heterocycles. The van der Waals surface area contributed by atoms with Gasteiger partial charge in [-0.2, -0.15) is 0 Å². The fourth-order valence-electron chi connectivity index (χ4n) is 1.54. The summed E-state index contributed by atoms with van der Waals surface area (Å²) in [4.78, 5) is 1.17. The maximum Gasteiger partial charge on any atom is 0.0709 e. The largest absolute Gasteiger partial charge is 0.396 e. The van der Waals surface area contributed by atoms with Gasteiger partial charge in [0.05, 0.1) is 6.10 Å². The van der Waals surface area contributed by atoms with Crippen molar-refractivity contribution in [1.29, 1.82) is 0 Å². The minimum absolute atomic E-state index is 0.0347. The van der Waals surface area contributed by atoms with Crippen molar-refractivity contribution in [3.63, 3.8) is 0 Å². The molecule has 0 unspecified atom stereocenters. The highest BCUT2D eigenvalue weighted by Crippen LogP contribution is 2.29. The summed E-state index contributed by atoms with van der Waals surface area (Å²) < 4.78 is 0.